The van der Waals surface area contributed by atoms with Crippen molar-refractivity contribution >= 4 is 39.2 Å². The average Bonchev–Trinajstić information content (AvgIpc) is 3.28. The number of aromatic nitrogens is 2. The van der Waals surface area contributed by atoms with Gasteiger partial charge < -0.3 is 5.32 Å². The van der Waals surface area contributed by atoms with Gasteiger partial charge in [0.1, 0.15) is 10.4 Å². The van der Waals surface area contributed by atoms with Gasteiger partial charge >= 0.3 is 0 Å². The molecule has 0 unspecified atom stereocenters. The van der Waals surface area contributed by atoms with Gasteiger partial charge in [0.2, 0.25) is 5.91 Å². The Morgan fingerprint density at radius 1 is 1.33 bits per heavy atom. The summed E-state index contributed by atoms with van der Waals surface area (Å²) in [5.41, 5.74) is 0.445. The zero-order valence-corrected chi connectivity index (χ0v) is 17.0. The van der Waals surface area contributed by atoms with Crippen LogP contribution in [0.5, 0.6) is 0 Å². The highest BCUT2D eigenvalue weighted by atomic mass is 32.2. The maximum atomic E-state index is 12.9. The molecule has 1 saturated carbocycles. The summed E-state index contributed by atoms with van der Waals surface area (Å²) in [6.07, 6.45) is 7.64. The van der Waals surface area contributed by atoms with Gasteiger partial charge in [0.25, 0.3) is 5.56 Å². The first kappa shape index (κ1) is 18.5. The zero-order chi connectivity index (χ0) is 19.0. The molecule has 6 nitrogen and oxygen atoms in total. The number of nitriles is 1. The second-order valence-corrected chi connectivity index (χ2v) is 9.41. The molecular weight excluding hydrogens is 380 g/mol. The van der Waals surface area contributed by atoms with Gasteiger partial charge in [0.05, 0.1) is 17.2 Å². The van der Waals surface area contributed by atoms with Gasteiger partial charge in [-0.05, 0) is 56.9 Å². The van der Waals surface area contributed by atoms with E-state index in [0.717, 1.165) is 42.3 Å². The molecule has 1 fully saturated rings. The summed E-state index contributed by atoms with van der Waals surface area (Å²) in [5.74, 6) is -0.0244. The third-order valence-corrected chi connectivity index (χ3v) is 7.75. The Morgan fingerprint density at radius 3 is 2.81 bits per heavy atom. The number of rotatable bonds is 4. The van der Waals surface area contributed by atoms with E-state index in [-0.39, 0.29) is 17.2 Å². The normalized spacial score (nSPS) is 18.2. The SMILES string of the molecule is Cn1c(SCC(=O)NC2(C#N)CCCC2)nc2sc3c(c2c1=O)CCCC3. The van der Waals surface area contributed by atoms with Gasteiger partial charge in [-0.15, -0.1) is 11.3 Å². The number of carbonyl (C=O) groups is 1. The number of thiophene rings is 1. The van der Waals surface area contributed by atoms with E-state index in [1.54, 1.807) is 23.0 Å². The van der Waals surface area contributed by atoms with Crippen molar-refractivity contribution in [1.29, 1.82) is 5.26 Å². The first-order valence-corrected chi connectivity index (χ1v) is 11.2. The van der Waals surface area contributed by atoms with E-state index in [4.69, 9.17) is 0 Å². The lowest BCUT2D eigenvalue weighted by Gasteiger charge is -2.21. The van der Waals surface area contributed by atoms with Gasteiger partial charge in [-0.3, -0.25) is 14.2 Å². The van der Waals surface area contributed by atoms with Crippen LogP contribution < -0.4 is 10.9 Å². The fraction of sp³-hybridized carbons (Fsp3) is 0.579. The van der Waals surface area contributed by atoms with E-state index in [0.29, 0.717) is 18.0 Å². The predicted molar refractivity (Wildman–Crippen MR) is 107 cm³/mol. The monoisotopic (exact) mass is 402 g/mol. The molecule has 0 saturated heterocycles. The number of thioether (sulfide) groups is 1. The van der Waals surface area contributed by atoms with Crippen LogP contribution in [0.4, 0.5) is 0 Å². The first-order chi connectivity index (χ1) is 13.0. The molecule has 2 aliphatic carbocycles. The number of fused-ring (bicyclic) bond motifs is 3. The van der Waals surface area contributed by atoms with E-state index in [1.807, 2.05) is 0 Å². The van der Waals surface area contributed by atoms with Crippen molar-refractivity contribution in [1.82, 2.24) is 14.9 Å². The van der Waals surface area contributed by atoms with Crippen molar-refractivity contribution in [3.63, 3.8) is 0 Å². The van der Waals surface area contributed by atoms with Crippen molar-refractivity contribution in [2.24, 2.45) is 7.05 Å². The van der Waals surface area contributed by atoms with Gasteiger partial charge in [0, 0.05) is 11.9 Å². The Hall–Kier alpha value is -1.85. The Kier molecular flexibility index (Phi) is 4.99. The third kappa shape index (κ3) is 3.39. The zero-order valence-electron chi connectivity index (χ0n) is 15.3. The third-order valence-electron chi connectivity index (χ3n) is 5.54. The van der Waals surface area contributed by atoms with Crippen molar-refractivity contribution in [2.45, 2.75) is 62.1 Å². The Bertz CT molecular complexity index is 996. The fourth-order valence-electron chi connectivity index (χ4n) is 4.07. The molecule has 2 aliphatic rings. The molecule has 4 rings (SSSR count). The molecule has 0 aliphatic heterocycles. The number of nitrogens with zero attached hydrogens (tertiary/aromatic N) is 3. The van der Waals surface area contributed by atoms with Crippen LogP contribution in [0.3, 0.4) is 0 Å². The maximum Gasteiger partial charge on any atom is 0.262 e. The second-order valence-electron chi connectivity index (χ2n) is 7.39. The van der Waals surface area contributed by atoms with Gasteiger partial charge in [-0.2, -0.15) is 5.26 Å². The summed E-state index contributed by atoms with van der Waals surface area (Å²) < 4.78 is 1.55. The lowest BCUT2D eigenvalue weighted by atomic mass is 9.97. The molecule has 1 amide bonds. The molecule has 2 aromatic heterocycles. The van der Waals surface area contributed by atoms with E-state index in [2.05, 4.69) is 16.4 Å². The highest BCUT2D eigenvalue weighted by Gasteiger charge is 2.35. The summed E-state index contributed by atoms with van der Waals surface area (Å²) in [7, 11) is 1.72. The van der Waals surface area contributed by atoms with Gasteiger partial charge in [-0.1, -0.05) is 11.8 Å². The van der Waals surface area contributed by atoms with Gasteiger partial charge in [0.15, 0.2) is 5.16 Å². The van der Waals surface area contributed by atoms with Crippen LogP contribution in [0.2, 0.25) is 0 Å². The lowest BCUT2D eigenvalue weighted by molar-refractivity contribution is -0.119. The Morgan fingerprint density at radius 2 is 2.07 bits per heavy atom. The molecule has 2 heterocycles. The molecular formula is C19H22N4O2S2. The van der Waals surface area contributed by atoms with Crippen LogP contribution >= 0.6 is 23.1 Å². The standard InChI is InChI=1S/C19H22N4O2S2/c1-23-17(25)15-12-6-2-3-7-13(12)27-16(15)21-18(23)26-10-14(24)22-19(11-20)8-4-5-9-19/h2-10H2,1H3,(H,22,24). The van der Waals surface area contributed by atoms with Crippen LogP contribution in [-0.4, -0.2) is 26.8 Å². The van der Waals surface area contributed by atoms with Crippen molar-refractivity contribution in [3.05, 3.63) is 20.8 Å². The minimum atomic E-state index is -0.715. The number of nitrogens with one attached hydrogen (secondary N) is 1. The molecule has 1 N–H and O–H groups in total. The predicted octanol–water partition coefficient (Wildman–Crippen LogP) is 2.92. The van der Waals surface area contributed by atoms with E-state index in [9.17, 15) is 14.9 Å². The molecule has 0 radical (unpaired) electrons. The maximum absolute atomic E-state index is 12.9. The number of hydrogen-bond donors (Lipinski definition) is 1. The fourth-order valence-corrected chi connectivity index (χ4v) is 6.15. The molecule has 0 atom stereocenters. The van der Waals surface area contributed by atoms with Crippen LogP contribution in [0.1, 0.15) is 49.0 Å². The smallest absolute Gasteiger partial charge is 0.262 e. The van der Waals surface area contributed by atoms with Gasteiger partial charge in [-0.25, -0.2) is 4.98 Å². The van der Waals surface area contributed by atoms with Crippen LogP contribution in [0.15, 0.2) is 9.95 Å². The van der Waals surface area contributed by atoms with E-state index in [1.165, 1.54) is 28.6 Å². The van der Waals surface area contributed by atoms with E-state index >= 15 is 0 Å². The minimum Gasteiger partial charge on any atom is -0.337 e. The van der Waals surface area contributed by atoms with Crippen molar-refractivity contribution in [2.75, 3.05) is 5.75 Å². The summed E-state index contributed by atoms with van der Waals surface area (Å²) in [5, 5.41) is 13.6. The number of hydrogen-bond acceptors (Lipinski definition) is 6. The number of carbonyl (C=O) groups excluding carboxylic acids is 1. The lowest BCUT2D eigenvalue weighted by Crippen LogP contribution is -2.45. The topological polar surface area (TPSA) is 87.8 Å². The summed E-state index contributed by atoms with van der Waals surface area (Å²) >= 11 is 2.88. The molecule has 142 valence electrons. The van der Waals surface area contributed by atoms with Crippen LogP contribution in [0, 0.1) is 11.3 Å². The quantitative estimate of drug-likeness (QED) is 0.627. The molecule has 2 aromatic rings. The molecule has 8 heteroatoms. The van der Waals surface area contributed by atoms with Crippen molar-refractivity contribution < 1.29 is 4.79 Å². The second kappa shape index (κ2) is 7.28. The summed E-state index contributed by atoms with van der Waals surface area (Å²) in [6, 6.07) is 2.27. The number of aryl methyl sites for hydroxylation is 2. The van der Waals surface area contributed by atoms with Crippen LogP contribution in [-0.2, 0) is 24.7 Å². The highest BCUT2D eigenvalue weighted by molar-refractivity contribution is 7.99. The van der Waals surface area contributed by atoms with Crippen molar-refractivity contribution in [3.8, 4) is 6.07 Å². The minimum absolute atomic E-state index is 0.0217. The summed E-state index contributed by atoms with van der Waals surface area (Å²) in [6.45, 7) is 0. The molecule has 0 bridgehead atoms. The summed E-state index contributed by atoms with van der Waals surface area (Å²) in [4.78, 5) is 32.0. The Balaban J connectivity index is 1.54. The van der Waals surface area contributed by atoms with Crippen LogP contribution in [0.25, 0.3) is 10.2 Å². The molecule has 0 spiro atoms. The highest BCUT2D eigenvalue weighted by Crippen LogP contribution is 2.34. The largest absolute Gasteiger partial charge is 0.337 e. The molecule has 0 aromatic carbocycles. The molecule has 27 heavy (non-hydrogen) atoms. The Labute approximate surface area is 166 Å². The first-order valence-electron chi connectivity index (χ1n) is 9.39. The average molecular weight is 403 g/mol. The number of amides is 1. The van der Waals surface area contributed by atoms with E-state index < -0.39 is 5.54 Å².